The minimum atomic E-state index is -0.108. The zero-order valence-corrected chi connectivity index (χ0v) is 10.5. The van der Waals surface area contributed by atoms with Crippen molar-refractivity contribution in [2.75, 3.05) is 0 Å². The van der Waals surface area contributed by atoms with E-state index >= 15 is 0 Å². The second-order valence-electron chi connectivity index (χ2n) is 3.29. The van der Waals surface area contributed by atoms with Gasteiger partial charge in [0.2, 0.25) is 0 Å². The van der Waals surface area contributed by atoms with E-state index in [2.05, 4.69) is 22.6 Å². The van der Waals surface area contributed by atoms with Crippen molar-refractivity contribution in [2.45, 2.75) is 17.1 Å². The Morgan fingerprint density at radius 3 is 1.69 bits per heavy atom. The van der Waals surface area contributed by atoms with Gasteiger partial charge in [-0.3, -0.25) is 0 Å². The number of hydrogen-bond acceptors (Lipinski definition) is 4. The first-order valence-electron chi connectivity index (χ1n) is 4.77. The van der Waals surface area contributed by atoms with Crippen LogP contribution in [-0.2, 0) is 13.2 Å². The van der Waals surface area contributed by atoms with Crippen LogP contribution in [0.2, 0.25) is 0 Å². The van der Waals surface area contributed by atoms with Gasteiger partial charge in [-0.15, -0.1) is 0 Å². The van der Waals surface area contributed by atoms with Crippen molar-refractivity contribution < 1.29 is 19.0 Å². The number of aliphatic hydroxyl groups excluding tert-OH is 2. The van der Waals surface area contributed by atoms with E-state index in [1.54, 1.807) is 12.1 Å². The third kappa shape index (κ3) is 2.31. The van der Waals surface area contributed by atoms with Crippen molar-refractivity contribution >= 4 is 22.6 Å². The molecule has 0 atom stereocenters. The lowest BCUT2D eigenvalue weighted by atomic mass is 10.3. The van der Waals surface area contributed by atoms with Crippen LogP contribution in [0.15, 0.2) is 33.1 Å². The van der Waals surface area contributed by atoms with Gasteiger partial charge in [0, 0.05) is 0 Å². The highest BCUT2D eigenvalue weighted by atomic mass is 127. The molecule has 2 aromatic rings. The van der Waals surface area contributed by atoms with Crippen molar-refractivity contribution in [3.05, 3.63) is 47.3 Å². The molecular formula is C11H11IO4. The molecule has 0 aromatic carbocycles. The molecule has 5 heteroatoms. The Kier molecular flexibility index (Phi) is 3.67. The zero-order valence-electron chi connectivity index (χ0n) is 8.39. The lowest BCUT2D eigenvalue weighted by molar-refractivity contribution is 0.239. The molecule has 0 radical (unpaired) electrons. The van der Waals surface area contributed by atoms with Gasteiger partial charge in [0.1, 0.15) is 40.2 Å². The molecule has 0 aliphatic carbocycles. The molecule has 2 aromatic heterocycles. The van der Waals surface area contributed by atoms with Crippen LogP contribution in [0.1, 0.15) is 27.0 Å². The fourth-order valence-electron chi connectivity index (χ4n) is 1.37. The summed E-state index contributed by atoms with van der Waals surface area (Å²) in [6, 6.07) is 7.08. The summed E-state index contributed by atoms with van der Waals surface area (Å²) < 4.78 is 10.8. The zero-order chi connectivity index (χ0) is 11.5. The summed E-state index contributed by atoms with van der Waals surface area (Å²) in [5.74, 6) is 2.52. The van der Waals surface area contributed by atoms with E-state index in [-0.39, 0.29) is 17.1 Å². The van der Waals surface area contributed by atoms with Crippen LogP contribution in [0.5, 0.6) is 0 Å². The smallest absolute Gasteiger partial charge is 0.129 e. The highest BCUT2D eigenvalue weighted by Crippen LogP contribution is 2.33. The maximum Gasteiger partial charge on any atom is 0.129 e. The highest BCUT2D eigenvalue weighted by molar-refractivity contribution is 14.1. The predicted molar refractivity (Wildman–Crippen MR) is 65.1 cm³/mol. The van der Waals surface area contributed by atoms with Crippen molar-refractivity contribution in [1.82, 2.24) is 0 Å². The molecule has 0 aliphatic heterocycles. The van der Waals surface area contributed by atoms with Gasteiger partial charge in [0.25, 0.3) is 0 Å². The second kappa shape index (κ2) is 5.03. The second-order valence-corrected chi connectivity index (χ2v) is 4.53. The molecule has 4 nitrogen and oxygen atoms in total. The number of hydrogen-bond donors (Lipinski definition) is 2. The highest BCUT2D eigenvalue weighted by Gasteiger charge is 2.18. The minimum Gasteiger partial charge on any atom is -0.462 e. The SMILES string of the molecule is OCc1ccc(C(I)c2ccc(CO)o2)o1. The summed E-state index contributed by atoms with van der Waals surface area (Å²) in [7, 11) is 0. The number of alkyl halides is 1. The Morgan fingerprint density at radius 1 is 0.938 bits per heavy atom. The monoisotopic (exact) mass is 334 g/mol. The van der Waals surface area contributed by atoms with Gasteiger partial charge >= 0.3 is 0 Å². The van der Waals surface area contributed by atoms with E-state index in [9.17, 15) is 0 Å². The van der Waals surface area contributed by atoms with Gasteiger partial charge in [0.15, 0.2) is 0 Å². The normalized spacial score (nSPS) is 11.2. The predicted octanol–water partition coefficient (Wildman–Crippen LogP) is 2.38. The lowest BCUT2D eigenvalue weighted by Gasteiger charge is -2.02. The summed E-state index contributed by atoms with van der Waals surface area (Å²) in [4.78, 5) is 0. The van der Waals surface area contributed by atoms with Crippen molar-refractivity contribution in [1.29, 1.82) is 0 Å². The average molecular weight is 334 g/mol. The topological polar surface area (TPSA) is 66.7 Å². The Labute approximate surface area is 106 Å². The first-order valence-corrected chi connectivity index (χ1v) is 6.02. The number of aliphatic hydroxyl groups is 2. The van der Waals surface area contributed by atoms with Gasteiger partial charge < -0.3 is 19.0 Å². The maximum atomic E-state index is 8.89. The van der Waals surface area contributed by atoms with Crippen LogP contribution in [0.25, 0.3) is 0 Å². The van der Waals surface area contributed by atoms with Gasteiger partial charge in [0.05, 0.1) is 0 Å². The van der Waals surface area contributed by atoms with Gasteiger partial charge in [-0.1, -0.05) is 22.6 Å². The van der Waals surface area contributed by atoms with E-state index in [0.29, 0.717) is 11.5 Å². The molecule has 0 amide bonds. The Bertz CT molecular complexity index is 418. The standard InChI is InChI=1S/C11H11IO4/c12-11(9-3-1-7(5-13)15-9)10-4-2-8(6-14)16-10/h1-4,11,13-14H,5-6H2. The molecule has 0 saturated heterocycles. The summed E-state index contributed by atoms with van der Waals surface area (Å²) in [6.45, 7) is -0.215. The molecule has 2 heterocycles. The van der Waals surface area contributed by atoms with Crippen LogP contribution in [0, 0.1) is 0 Å². The quantitative estimate of drug-likeness (QED) is 0.666. The first kappa shape index (κ1) is 11.7. The Balaban J connectivity index is 2.20. The van der Waals surface area contributed by atoms with Gasteiger partial charge in [-0.05, 0) is 24.3 Å². The molecule has 0 saturated carbocycles. The van der Waals surface area contributed by atoms with E-state index in [0.717, 1.165) is 11.5 Å². The van der Waals surface area contributed by atoms with Crippen molar-refractivity contribution in [2.24, 2.45) is 0 Å². The molecule has 16 heavy (non-hydrogen) atoms. The summed E-state index contributed by atoms with van der Waals surface area (Å²) >= 11 is 2.18. The molecule has 2 rings (SSSR count). The molecule has 0 fully saturated rings. The third-order valence-corrected chi connectivity index (χ3v) is 3.40. The van der Waals surface area contributed by atoms with Crippen molar-refractivity contribution in [3.63, 3.8) is 0 Å². The van der Waals surface area contributed by atoms with Crippen LogP contribution in [0.3, 0.4) is 0 Å². The lowest BCUT2D eigenvalue weighted by Crippen LogP contribution is -1.87. The van der Waals surface area contributed by atoms with E-state index in [1.165, 1.54) is 0 Å². The molecule has 0 aliphatic rings. The van der Waals surface area contributed by atoms with Crippen LogP contribution in [0.4, 0.5) is 0 Å². The molecule has 86 valence electrons. The largest absolute Gasteiger partial charge is 0.462 e. The summed E-state index contributed by atoms with van der Waals surface area (Å²) in [6.07, 6.45) is 0. The first-order chi connectivity index (χ1) is 7.74. The van der Waals surface area contributed by atoms with Gasteiger partial charge in [-0.25, -0.2) is 0 Å². The number of halogens is 1. The molecule has 0 spiro atoms. The molecule has 0 bridgehead atoms. The van der Waals surface area contributed by atoms with E-state index < -0.39 is 0 Å². The average Bonchev–Trinajstić information content (AvgIpc) is 2.97. The third-order valence-electron chi connectivity index (χ3n) is 2.18. The van der Waals surface area contributed by atoms with E-state index in [1.807, 2.05) is 12.1 Å². The van der Waals surface area contributed by atoms with Crippen LogP contribution >= 0.6 is 22.6 Å². The summed E-state index contributed by atoms with van der Waals surface area (Å²) in [5, 5.41) is 17.8. The fraction of sp³-hybridized carbons (Fsp3) is 0.273. The number of furan rings is 2. The van der Waals surface area contributed by atoms with E-state index in [4.69, 9.17) is 19.0 Å². The van der Waals surface area contributed by atoms with Gasteiger partial charge in [-0.2, -0.15) is 0 Å². The fourth-order valence-corrected chi connectivity index (χ4v) is 2.04. The Hall–Kier alpha value is -0.790. The van der Waals surface area contributed by atoms with Crippen LogP contribution < -0.4 is 0 Å². The number of rotatable bonds is 4. The molecule has 2 N–H and O–H groups in total. The Morgan fingerprint density at radius 2 is 1.38 bits per heavy atom. The molecular weight excluding hydrogens is 323 g/mol. The maximum absolute atomic E-state index is 8.89. The van der Waals surface area contributed by atoms with Crippen LogP contribution in [-0.4, -0.2) is 10.2 Å². The molecule has 0 unspecified atom stereocenters. The minimum absolute atomic E-state index is 0.0572. The van der Waals surface area contributed by atoms with Crippen molar-refractivity contribution in [3.8, 4) is 0 Å². The summed E-state index contributed by atoms with van der Waals surface area (Å²) in [5.41, 5.74) is 0.